The average molecular weight is 293 g/mol. The van der Waals surface area contributed by atoms with E-state index in [9.17, 15) is 13.2 Å². The number of benzene rings is 1. The first kappa shape index (κ1) is 14.8. The van der Waals surface area contributed by atoms with Gasteiger partial charge in [-0.3, -0.25) is 0 Å². The minimum atomic E-state index is -3.81. The summed E-state index contributed by atoms with van der Waals surface area (Å²) in [7, 11) is 1.45. The van der Waals surface area contributed by atoms with Crippen molar-refractivity contribution in [2.24, 2.45) is 0 Å². The Labute approximate surface area is 110 Å². The Hall–Kier alpha value is -1.27. The van der Waals surface area contributed by atoms with Crippen LogP contribution in [0.5, 0.6) is 5.75 Å². The fourth-order valence-electron chi connectivity index (χ4n) is 1.40. The second kappa shape index (κ2) is 5.58. The lowest BCUT2D eigenvalue weighted by molar-refractivity contribution is -0.139. The number of carboxylic acids is 1. The third-order valence-corrected chi connectivity index (χ3v) is 3.59. The largest absolute Gasteiger partial charge is 0.482 e. The number of ether oxygens (including phenoxy) is 1. The first-order chi connectivity index (χ1) is 8.21. The molecule has 0 fully saturated rings. The molecule has 0 saturated heterocycles. The molecule has 0 heterocycles. The maximum absolute atomic E-state index is 11.2. The Bertz CT molecular complexity index is 551. The smallest absolute Gasteiger partial charge is 0.341 e. The summed E-state index contributed by atoms with van der Waals surface area (Å²) >= 11 is 0. The van der Waals surface area contributed by atoms with Crippen molar-refractivity contribution in [3.05, 3.63) is 23.8 Å². The highest BCUT2D eigenvalue weighted by atomic mass is 35.7. The van der Waals surface area contributed by atoms with Gasteiger partial charge in [-0.05, 0) is 29.7 Å². The lowest BCUT2D eigenvalue weighted by Crippen LogP contribution is -2.11. The van der Waals surface area contributed by atoms with Gasteiger partial charge in [-0.2, -0.15) is 0 Å². The molecule has 0 atom stereocenters. The normalized spacial score (nSPS) is 11.6. The fourth-order valence-corrected chi connectivity index (χ4v) is 2.19. The Balaban J connectivity index is 3.17. The van der Waals surface area contributed by atoms with E-state index in [1.165, 1.54) is 18.2 Å². The number of hydrogen-bond acceptors (Lipinski definition) is 4. The van der Waals surface area contributed by atoms with Gasteiger partial charge >= 0.3 is 5.97 Å². The van der Waals surface area contributed by atoms with Crippen molar-refractivity contribution in [1.82, 2.24) is 0 Å². The quantitative estimate of drug-likeness (QED) is 0.842. The maximum Gasteiger partial charge on any atom is 0.341 e. The van der Waals surface area contributed by atoms with Crippen LogP contribution in [0.1, 0.15) is 25.3 Å². The van der Waals surface area contributed by atoms with Crippen LogP contribution in [0.4, 0.5) is 0 Å². The predicted molar refractivity (Wildman–Crippen MR) is 66.7 cm³/mol. The Morgan fingerprint density at radius 2 is 2.06 bits per heavy atom. The molecule has 1 aromatic rings. The number of aliphatic carboxylic acids is 1. The third kappa shape index (κ3) is 3.89. The lowest BCUT2D eigenvalue weighted by Gasteiger charge is -2.13. The minimum Gasteiger partial charge on any atom is -0.482 e. The van der Waals surface area contributed by atoms with Crippen LogP contribution in [0.3, 0.4) is 0 Å². The topological polar surface area (TPSA) is 80.7 Å². The highest BCUT2D eigenvalue weighted by molar-refractivity contribution is 8.13. The van der Waals surface area contributed by atoms with Crippen LogP contribution in [0.25, 0.3) is 0 Å². The van der Waals surface area contributed by atoms with Gasteiger partial charge < -0.3 is 9.84 Å². The van der Waals surface area contributed by atoms with Gasteiger partial charge in [0.1, 0.15) is 5.75 Å². The molecule has 0 aliphatic heterocycles. The molecule has 1 rings (SSSR count). The molecule has 1 aromatic carbocycles. The molecule has 0 unspecified atom stereocenters. The van der Waals surface area contributed by atoms with E-state index in [4.69, 9.17) is 20.5 Å². The van der Waals surface area contributed by atoms with Gasteiger partial charge in [0.15, 0.2) is 6.61 Å². The van der Waals surface area contributed by atoms with Crippen molar-refractivity contribution < 1.29 is 23.1 Å². The van der Waals surface area contributed by atoms with E-state index in [-0.39, 0.29) is 10.8 Å². The molecule has 0 spiro atoms. The maximum atomic E-state index is 11.2. The van der Waals surface area contributed by atoms with Gasteiger partial charge in [0.25, 0.3) is 9.05 Å². The van der Waals surface area contributed by atoms with Crippen molar-refractivity contribution in [2.75, 3.05) is 6.61 Å². The van der Waals surface area contributed by atoms with E-state index in [0.29, 0.717) is 11.3 Å². The summed E-state index contributed by atoms with van der Waals surface area (Å²) in [6, 6.07) is 4.09. The molecule has 0 saturated carbocycles. The second-order valence-corrected chi connectivity index (χ2v) is 6.54. The van der Waals surface area contributed by atoms with Crippen LogP contribution in [0, 0.1) is 0 Å². The van der Waals surface area contributed by atoms with Gasteiger partial charge in [-0.25, -0.2) is 13.2 Å². The molecule has 100 valence electrons. The van der Waals surface area contributed by atoms with E-state index in [1.54, 1.807) is 0 Å². The third-order valence-electron chi connectivity index (χ3n) is 2.24. The molecule has 1 N–H and O–H groups in total. The summed E-state index contributed by atoms with van der Waals surface area (Å²) in [4.78, 5) is 10.4. The zero-order valence-corrected chi connectivity index (χ0v) is 11.5. The number of carbonyl (C=O) groups is 1. The van der Waals surface area contributed by atoms with Crippen molar-refractivity contribution >= 4 is 25.7 Å². The molecule has 7 heteroatoms. The monoisotopic (exact) mass is 292 g/mol. The van der Waals surface area contributed by atoms with Crippen molar-refractivity contribution in [3.63, 3.8) is 0 Å². The van der Waals surface area contributed by atoms with E-state index < -0.39 is 21.6 Å². The molecule has 0 aliphatic rings. The van der Waals surface area contributed by atoms with Crippen molar-refractivity contribution in [2.45, 2.75) is 24.7 Å². The van der Waals surface area contributed by atoms with E-state index in [1.807, 2.05) is 13.8 Å². The SMILES string of the molecule is CC(C)c1cc(S(=O)(=O)Cl)ccc1OCC(=O)O. The van der Waals surface area contributed by atoms with Gasteiger partial charge in [-0.15, -0.1) is 0 Å². The van der Waals surface area contributed by atoms with E-state index in [0.717, 1.165) is 0 Å². The standard InChI is InChI=1S/C11H13ClO5S/c1-7(2)9-5-8(18(12,15)16)3-4-10(9)17-6-11(13)14/h3-5,7H,6H2,1-2H3,(H,13,14). The van der Waals surface area contributed by atoms with Crippen molar-refractivity contribution in [1.29, 1.82) is 0 Å². The van der Waals surface area contributed by atoms with Crippen LogP contribution in [-0.2, 0) is 13.8 Å². The lowest BCUT2D eigenvalue weighted by atomic mass is 10.0. The second-order valence-electron chi connectivity index (χ2n) is 3.97. The van der Waals surface area contributed by atoms with Gasteiger partial charge in [-0.1, -0.05) is 13.8 Å². The number of hydrogen-bond donors (Lipinski definition) is 1. The van der Waals surface area contributed by atoms with E-state index in [2.05, 4.69) is 0 Å². The van der Waals surface area contributed by atoms with Crippen LogP contribution in [0.2, 0.25) is 0 Å². The summed E-state index contributed by atoms with van der Waals surface area (Å²) in [5.41, 5.74) is 0.595. The molecule has 0 aliphatic carbocycles. The molecule has 0 radical (unpaired) electrons. The fraction of sp³-hybridized carbons (Fsp3) is 0.364. The molecular formula is C11H13ClO5S. The zero-order valence-electron chi connectivity index (χ0n) is 9.88. The minimum absolute atomic E-state index is 0.0211. The number of halogens is 1. The van der Waals surface area contributed by atoms with Crippen LogP contribution < -0.4 is 4.74 Å². The molecule has 5 nitrogen and oxygen atoms in total. The van der Waals surface area contributed by atoms with Gasteiger partial charge in [0.2, 0.25) is 0 Å². The Morgan fingerprint density at radius 3 is 2.50 bits per heavy atom. The van der Waals surface area contributed by atoms with Crippen LogP contribution >= 0.6 is 10.7 Å². The number of rotatable bonds is 5. The predicted octanol–water partition coefficient (Wildman–Crippen LogP) is 2.20. The summed E-state index contributed by atoms with van der Waals surface area (Å²) in [5, 5.41) is 8.55. The highest BCUT2D eigenvalue weighted by Gasteiger charge is 2.16. The molecule has 0 amide bonds. The first-order valence-electron chi connectivity index (χ1n) is 5.15. The van der Waals surface area contributed by atoms with Gasteiger partial charge in [0, 0.05) is 10.7 Å². The molecule has 0 aromatic heterocycles. The van der Waals surface area contributed by atoms with Crippen LogP contribution in [-0.4, -0.2) is 26.1 Å². The van der Waals surface area contributed by atoms with Crippen molar-refractivity contribution in [3.8, 4) is 5.75 Å². The summed E-state index contributed by atoms with van der Waals surface area (Å²) in [6.45, 7) is 3.20. The number of carboxylic acid groups (broad SMARTS) is 1. The first-order valence-corrected chi connectivity index (χ1v) is 7.46. The zero-order chi connectivity index (χ0) is 13.9. The molecule has 18 heavy (non-hydrogen) atoms. The molecule has 0 bridgehead atoms. The van der Waals surface area contributed by atoms with Gasteiger partial charge in [0.05, 0.1) is 4.90 Å². The van der Waals surface area contributed by atoms with E-state index >= 15 is 0 Å². The Morgan fingerprint density at radius 1 is 1.44 bits per heavy atom. The highest BCUT2D eigenvalue weighted by Crippen LogP contribution is 2.30. The van der Waals surface area contributed by atoms with Crippen LogP contribution in [0.15, 0.2) is 23.1 Å². The summed E-state index contributed by atoms with van der Waals surface area (Å²) in [5.74, 6) is -0.776. The summed E-state index contributed by atoms with van der Waals surface area (Å²) < 4.78 is 27.5. The Kier molecular flexibility index (Phi) is 4.59. The molecular weight excluding hydrogens is 280 g/mol. The average Bonchev–Trinajstić information content (AvgIpc) is 2.24. The summed E-state index contributed by atoms with van der Waals surface area (Å²) in [6.07, 6.45) is 0.